The molecule has 2 rings (SSSR count). The van der Waals surface area contributed by atoms with Crippen LogP contribution in [-0.4, -0.2) is 33.6 Å². The van der Waals surface area contributed by atoms with Crippen LogP contribution in [-0.2, 0) is 20.9 Å². The number of anilines is 1. The fourth-order valence-corrected chi connectivity index (χ4v) is 3.79. The summed E-state index contributed by atoms with van der Waals surface area (Å²) in [5.74, 6) is -0.578. The number of hydrogen-bond donors (Lipinski definition) is 2. The van der Waals surface area contributed by atoms with E-state index in [0.29, 0.717) is 25.6 Å². The van der Waals surface area contributed by atoms with Crippen molar-refractivity contribution in [2.45, 2.75) is 37.4 Å². The van der Waals surface area contributed by atoms with Gasteiger partial charge in [0.25, 0.3) is 15.9 Å². The van der Waals surface area contributed by atoms with E-state index in [1.165, 1.54) is 12.1 Å². The minimum Gasteiger partial charge on any atom is -0.379 e. The first-order valence-electron chi connectivity index (χ1n) is 9.29. The van der Waals surface area contributed by atoms with Crippen LogP contribution < -0.4 is 10.0 Å². The van der Waals surface area contributed by atoms with E-state index in [0.717, 1.165) is 24.3 Å². The van der Waals surface area contributed by atoms with Gasteiger partial charge in [0.05, 0.1) is 27.1 Å². The van der Waals surface area contributed by atoms with E-state index in [1.807, 2.05) is 13.8 Å². The molecule has 0 saturated heterocycles. The van der Waals surface area contributed by atoms with Gasteiger partial charge in [-0.15, -0.1) is 0 Å². The minimum absolute atomic E-state index is 0.0361. The summed E-state index contributed by atoms with van der Waals surface area (Å²) >= 11 is 6.03. The molecule has 2 N–H and O–H groups in total. The molecule has 11 heteroatoms. The molecule has 31 heavy (non-hydrogen) atoms. The van der Waals surface area contributed by atoms with Crippen LogP contribution >= 0.6 is 11.6 Å². The summed E-state index contributed by atoms with van der Waals surface area (Å²) in [7, 11) is -4.26. The highest BCUT2D eigenvalue weighted by molar-refractivity contribution is 7.92. The highest BCUT2D eigenvalue weighted by Crippen LogP contribution is 2.31. The number of carbonyl (C=O) groups excluding carboxylic acids is 1. The lowest BCUT2D eigenvalue weighted by Crippen LogP contribution is -2.26. The molecule has 0 spiro atoms. The van der Waals surface area contributed by atoms with E-state index in [2.05, 4.69) is 10.0 Å². The number of carbonyl (C=O) groups is 1. The number of benzene rings is 2. The normalized spacial score (nSPS) is 12.1. The average Bonchev–Trinajstić information content (AvgIpc) is 2.66. The van der Waals surface area contributed by atoms with Crippen molar-refractivity contribution in [3.63, 3.8) is 0 Å². The van der Waals surface area contributed by atoms with Crippen LogP contribution in [0.2, 0.25) is 5.02 Å². The SMILES string of the molecule is CC(C)OCCCNC(=O)c1cc(S(=O)(=O)Nc2cccc(C(F)(F)F)c2)ccc1Cl. The second kappa shape index (κ2) is 10.3. The molecule has 0 atom stereocenters. The van der Waals surface area contributed by atoms with E-state index in [9.17, 15) is 26.4 Å². The van der Waals surface area contributed by atoms with Crippen molar-refractivity contribution in [1.82, 2.24) is 5.32 Å². The maximum absolute atomic E-state index is 12.9. The molecule has 0 unspecified atom stereocenters. The molecule has 0 aliphatic rings. The Kier molecular flexibility index (Phi) is 8.33. The van der Waals surface area contributed by atoms with Crippen LogP contribution in [0.15, 0.2) is 47.4 Å². The van der Waals surface area contributed by atoms with Gasteiger partial charge in [0, 0.05) is 18.8 Å². The van der Waals surface area contributed by atoms with Crippen LogP contribution in [0.5, 0.6) is 0 Å². The largest absolute Gasteiger partial charge is 0.416 e. The predicted octanol–water partition coefficient (Wildman–Crippen LogP) is 4.70. The van der Waals surface area contributed by atoms with Gasteiger partial charge in [-0.05, 0) is 56.7 Å². The number of alkyl halides is 3. The Labute approximate surface area is 183 Å². The molecule has 0 bridgehead atoms. The second-order valence-electron chi connectivity index (χ2n) is 6.85. The van der Waals surface area contributed by atoms with Crippen molar-refractivity contribution in [1.29, 1.82) is 0 Å². The molecular formula is C20H22ClF3N2O4S. The fourth-order valence-electron chi connectivity index (χ4n) is 2.51. The van der Waals surface area contributed by atoms with Gasteiger partial charge in [0.15, 0.2) is 0 Å². The van der Waals surface area contributed by atoms with Crippen LogP contribution in [0.3, 0.4) is 0 Å². The highest BCUT2D eigenvalue weighted by Gasteiger charge is 2.30. The zero-order valence-electron chi connectivity index (χ0n) is 16.8. The Morgan fingerprint density at radius 1 is 1.16 bits per heavy atom. The number of hydrogen-bond acceptors (Lipinski definition) is 4. The van der Waals surface area contributed by atoms with Crippen LogP contribution in [0, 0.1) is 0 Å². The molecule has 2 aromatic carbocycles. The lowest BCUT2D eigenvalue weighted by atomic mass is 10.2. The maximum Gasteiger partial charge on any atom is 0.416 e. The van der Waals surface area contributed by atoms with Gasteiger partial charge in [0.1, 0.15) is 0 Å². The molecule has 6 nitrogen and oxygen atoms in total. The molecule has 170 valence electrons. The minimum atomic E-state index is -4.62. The van der Waals surface area contributed by atoms with Crippen LogP contribution in [0.25, 0.3) is 0 Å². The standard InChI is InChI=1S/C20H22ClF3N2O4S/c1-13(2)30-10-4-9-25-19(27)17-12-16(7-8-18(17)21)31(28,29)26-15-6-3-5-14(11-15)20(22,23)24/h3,5-8,11-13,26H,4,9-10H2,1-2H3,(H,25,27). The van der Waals surface area contributed by atoms with E-state index in [4.69, 9.17) is 16.3 Å². The summed E-state index contributed by atoms with van der Waals surface area (Å²) in [6, 6.07) is 7.25. The molecule has 1 amide bonds. The smallest absolute Gasteiger partial charge is 0.379 e. The first-order valence-corrected chi connectivity index (χ1v) is 11.2. The summed E-state index contributed by atoms with van der Waals surface area (Å²) < 4.78 is 71.3. The topological polar surface area (TPSA) is 84.5 Å². The molecule has 0 heterocycles. The third kappa shape index (κ3) is 7.41. The quantitative estimate of drug-likeness (QED) is 0.511. The maximum atomic E-state index is 12.9. The van der Waals surface area contributed by atoms with Crippen molar-refractivity contribution in [3.05, 3.63) is 58.6 Å². The van der Waals surface area contributed by atoms with E-state index in [1.54, 1.807) is 0 Å². The predicted molar refractivity (Wildman–Crippen MR) is 112 cm³/mol. The number of nitrogens with one attached hydrogen (secondary N) is 2. The number of amides is 1. The Balaban J connectivity index is 2.15. The zero-order valence-corrected chi connectivity index (χ0v) is 18.4. The first-order chi connectivity index (χ1) is 14.4. The summed E-state index contributed by atoms with van der Waals surface area (Å²) in [5.41, 5.74) is -1.33. The van der Waals surface area contributed by atoms with Gasteiger partial charge in [-0.3, -0.25) is 9.52 Å². The van der Waals surface area contributed by atoms with Crippen molar-refractivity contribution in [2.24, 2.45) is 0 Å². The van der Waals surface area contributed by atoms with Crippen LogP contribution in [0.4, 0.5) is 18.9 Å². The molecule has 0 aromatic heterocycles. The average molecular weight is 479 g/mol. The number of ether oxygens (including phenoxy) is 1. The van der Waals surface area contributed by atoms with E-state index < -0.39 is 27.7 Å². The van der Waals surface area contributed by atoms with Gasteiger partial charge < -0.3 is 10.1 Å². The summed E-state index contributed by atoms with van der Waals surface area (Å²) in [6.45, 7) is 4.51. The zero-order chi connectivity index (χ0) is 23.2. The van der Waals surface area contributed by atoms with Crippen molar-refractivity contribution >= 4 is 33.2 Å². The van der Waals surface area contributed by atoms with Crippen molar-refractivity contribution in [2.75, 3.05) is 17.9 Å². The first kappa shape index (κ1) is 25.0. The Morgan fingerprint density at radius 3 is 2.52 bits per heavy atom. The Morgan fingerprint density at radius 2 is 1.87 bits per heavy atom. The molecule has 0 aliphatic heterocycles. The molecule has 0 fully saturated rings. The molecule has 0 saturated carbocycles. The number of sulfonamides is 1. The Bertz CT molecular complexity index is 1030. The monoisotopic (exact) mass is 478 g/mol. The lowest BCUT2D eigenvalue weighted by Gasteiger charge is -2.13. The summed E-state index contributed by atoms with van der Waals surface area (Å²) in [5, 5.41) is 2.66. The van der Waals surface area contributed by atoms with Crippen molar-refractivity contribution in [3.8, 4) is 0 Å². The molecule has 2 aromatic rings. The Hall–Kier alpha value is -2.30. The number of halogens is 4. The highest BCUT2D eigenvalue weighted by atomic mass is 35.5. The molecule has 0 radical (unpaired) electrons. The van der Waals surface area contributed by atoms with Crippen LogP contribution in [0.1, 0.15) is 36.2 Å². The molecular weight excluding hydrogens is 457 g/mol. The van der Waals surface area contributed by atoms with Crippen molar-refractivity contribution < 1.29 is 31.1 Å². The van der Waals surface area contributed by atoms with Gasteiger partial charge in [0.2, 0.25) is 0 Å². The second-order valence-corrected chi connectivity index (χ2v) is 8.94. The number of rotatable bonds is 9. The van der Waals surface area contributed by atoms with Gasteiger partial charge >= 0.3 is 6.18 Å². The lowest BCUT2D eigenvalue weighted by molar-refractivity contribution is -0.137. The van der Waals surface area contributed by atoms with Gasteiger partial charge in [-0.25, -0.2) is 8.42 Å². The fraction of sp³-hybridized carbons (Fsp3) is 0.350. The van der Waals surface area contributed by atoms with E-state index >= 15 is 0 Å². The summed E-state index contributed by atoms with van der Waals surface area (Å²) in [4.78, 5) is 12.1. The summed E-state index contributed by atoms with van der Waals surface area (Å²) in [6.07, 6.45) is -4.00. The van der Waals surface area contributed by atoms with Gasteiger partial charge in [-0.1, -0.05) is 17.7 Å². The van der Waals surface area contributed by atoms with E-state index in [-0.39, 0.29) is 27.3 Å². The van der Waals surface area contributed by atoms with Gasteiger partial charge in [-0.2, -0.15) is 13.2 Å². The molecule has 0 aliphatic carbocycles. The third-order valence-corrected chi connectivity index (χ3v) is 5.70. The third-order valence-electron chi connectivity index (χ3n) is 3.99.